The summed E-state index contributed by atoms with van der Waals surface area (Å²) in [7, 11) is 0. The molecule has 3 rings (SSSR count). The Labute approximate surface area is 181 Å². The molecule has 1 fully saturated rings. The van der Waals surface area contributed by atoms with E-state index in [0.29, 0.717) is 55.5 Å². The van der Waals surface area contributed by atoms with E-state index in [1.54, 1.807) is 47.4 Å². The van der Waals surface area contributed by atoms with E-state index in [1.807, 2.05) is 13.0 Å². The van der Waals surface area contributed by atoms with E-state index in [9.17, 15) is 9.59 Å². The van der Waals surface area contributed by atoms with Gasteiger partial charge in [-0.05, 0) is 42.9 Å². The lowest BCUT2D eigenvalue weighted by atomic mass is 10.1. The van der Waals surface area contributed by atoms with Gasteiger partial charge in [0.1, 0.15) is 5.75 Å². The van der Waals surface area contributed by atoms with Gasteiger partial charge < -0.3 is 19.7 Å². The quantitative estimate of drug-likeness (QED) is 0.690. The largest absolute Gasteiger partial charge is 0.493 e. The molecule has 0 unspecified atom stereocenters. The molecular weight excluding hydrogens is 402 g/mol. The fourth-order valence-electron chi connectivity index (χ4n) is 3.03. The molecule has 2 aromatic rings. The second kappa shape index (κ2) is 10.7. The van der Waals surface area contributed by atoms with E-state index in [4.69, 9.17) is 21.7 Å². The summed E-state index contributed by atoms with van der Waals surface area (Å²) in [5, 5.41) is 5.74. The number of rotatable bonds is 6. The summed E-state index contributed by atoms with van der Waals surface area (Å²) in [4.78, 5) is 27.3. The normalized spacial score (nSPS) is 13.4. The van der Waals surface area contributed by atoms with Gasteiger partial charge in [-0.1, -0.05) is 31.2 Å². The summed E-state index contributed by atoms with van der Waals surface area (Å²) in [6.07, 6.45) is 0.837. The van der Waals surface area contributed by atoms with E-state index >= 15 is 0 Å². The Morgan fingerprint density at radius 2 is 1.73 bits per heavy atom. The van der Waals surface area contributed by atoms with E-state index in [2.05, 4.69) is 10.6 Å². The van der Waals surface area contributed by atoms with Crippen molar-refractivity contribution in [2.75, 3.05) is 38.2 Å². The van der Waals surface area contributed by atoms with Gasteiger partial charge in [0.05, 0.1) is 36.6 Å². The highest BCUT2D eigenvalue weighted by atomic mass is 32.1. The number of amides is 2. The molecule has 1 aliphatic rings. The fraction of sp³-hybridized carbons (Fsp3) is 0.318. The molecule has 0 aliphatic carbocycles. The smallest absolute Gasteiger partial charge is 0.261 e. The molecule has 1 aliphatic heterocycles. The summed E-state index contributed by atoms with van der Waals surface area (Å²) < 4.78 is 11.0. The maximum absolute atomic E-state index is 12.9. The highest BCUT2D eigenvalue weighted by Gasteiger charge is 2.21. The number of para-hydroxylation sites is 2. The molecule has 0 saturated carbocycles. The monoisotopic (exact) mass is 427 g/mol. The second-order valence-electron chi connectivity index (χ2n) is 6.70. The van der Waals surface area contributed by atoms with Crippen molar-refractivity contribution in [2.24, 2.45) is 0 Å². The summed E-state index contributed by atoms with van der Waals surface area (Å²) in [6, 6.07) is 14.1. The number of hydrogen-bond donors (Lipinski definition) is 2. The standard InChI is InChI=1S/C22H25N3O4S/c1-2-13-29-19-10-6-4-8-17(19)20(26)24-22(30)23-18-9-5-3-7-16(18)21(27)25-11-14-28-15-12-25/h3-10H,2,11-15H2,1H3,(H2,23,24,26,30). The van der Waals surface area contributed by atoms with Crippen LogP contribution in [0.15, 0.2) is 48.5 Å². The molecular formula is C22H25N3O4S. The molecule has 0 bridgehead atoms. The van der Waals surface area contributed by atoms with Gasteiger partial charge in [-0.25, -0.2) is 0 Å². The van der Waals surface area contributed by atoms with Crippen molar-refractivity contribution in [3.63, 3.8) is 0 Å². The lowest BCUT2D eigenvalue weighted by molar-refractivity contribution is 0.0303. The third kappa shape index (κ3) is 5.55. The van der Waals surface area contributed by atoms with Crippen molar-refractivity contribution in [2.45, 2.75) is 13.3 Å². The highest BCUT2D eigenvalue weighted by molar-refractivity contribution is 7.80. The summed E-state index contributed by atoms with van der Waals surface area (Å²) in [5.41, 5.74) is 1.42. The first-order chi connectivity index (χ1) is 14.6. The Hall–Kier alpha value is -2.97. The van der Waals surface area contributed by atoms with Crippen LogP contribution in [0.4, 0.5) is 5.69 Å². The van der Waals surface area contributed by atoms with Crippen LogP contribution in [0.25, 0.3) is 0 Å². The zero-order chi connectivity index (χ0) is 21.3. The van der Waals surface area contributed by atoms with E-state index in [0.717, 1.165) is 6.42 Å². The third-order valence-corrected chi connectivity index (χ3v) is 4.73. The lowest BCUT2D eigenvalue weighted by Crippen LogP contribution is -2.41. The van der Waals surface area contributed by atoms with Gasteiger partial charge in [-0.2, -0.15) is 0 Å². The van der Waals surface area contributed by atoms with Gasteiger partial charge >= 0.3 is 0 Å². The van der Waals surface area contributed by atoms with Crippen LogP contribution in [-0.2, 0) is 4.74 Å². The molecule has 2 N–H and O–H groups in total. The van der Waals surface area contributed by atoms with Crippen molar-refractivity contribution in [3.8, 4) is 5.75 Å². The summed E-state index contributed by atoms with van der Waals surface area (Å²) in [6.45, 7) is 4.65. The minimum Gasteiger partial charge on any atom is -0.493 e. The Kier molecular flexibility index (Phi) is 7.75. The van der Waals surface area contributed by atoms with Gasteiger partial charge in [-0.3, -0.25) is 14.9 Å². The number of anilines is 1. The van der Waals surface area contributed by atoms with Crippen LogP contribution in [0.1, 0.15) is 34.1 Å². The van der Waals surface area contributed by atoms with Crippen LogP contribution in [-0.4, -0.2) is 54.7 Å². The third-order valence-electron chi connectivity index (χ3n) is 4.52. The Morgan fingerprint density at radius 1 is 1.07 bits per heavy atom. The summed E-state index contributed by atoms with van der Waals surface area (Å²) >= 11 is 5.32. The maximum atomic E-state index is 12.9. The molecule has 7 nitrogen and oxygen atoms in total. The number of nitrogens with zero attached hydrogens (tertiary/aromatic N) is 1. The second-order valence-corrected chi connectivity index (χ2v) is 7.11. The highest BCUT2D eigenvalue weighted by Crippen LogP contribution is 2.20. The minimum atomic E-state index is -0.379. The zero-order valence-corrected chi connectivity index (χ0v) is 17.7. The van der Waals surface area contributed by atoms with E-state index in [1.165, 1.54) is 0 Å². The average molecular weight is 428 g/mol. The molecule has 0 aromatic heterocycles. The SMILES string of the molecule is CCCOc1ccccc1C(=O)NC(=S)Nc1ccccc1C(=O)N1CCOCC1. The molecule has 0 radical (unpaired) electrons. The summed E-state index contributed by atoms with van der Waals surface area (Å²) in [5.74, 6) is 0.0209. The van der Waals surface area contributed by atoms with Crippen LogP contribution in [0, 0.1) is 0 Å². The first kappa shape index (κ1) is 21.7. The van der Waals surface area contributed by atoms with Crippen molar-refractivity contribution >= 4 is 34.8 Å². The molecule has 0 atom stereocenters. The van der Waals surface area contributed by atoms with Crippen molar-refractivity contribution in [1.29, 1.82) is 0 Å². The number of ether oxygens (including phenoxy) is 2. The molecule has 1 saturated heterocycles. The van der Waals surface area contributed by atoms with E-state index < -0.39 is 0 Å². The van der Waals surface area contributed by atoms with Gasteiger partial charge in [0.25, 0.3) is 11.8 Å². The molecule has 2 aromatic carbocycles. The van der Waals surface area contributed by atoms with Gasteiger partial charge in [0.15, 0.2) is 5.11 Å². The first-order valence-electron chi connectivity index (χ1n) is 9.90. The molecule has 2 amide bonds. The lowest BCUT2D eigenvalue weighted by Gasteiger charge is -2.27. The predicted octanol–water partition coefficient (Wildman–Crippen LogP) is 3.07. The number of morpholine rings is 1. The van der Waals surface area contributed by atoms with Gasteiger partial charge in [0.2, 0.25) is 0 Å². The topological polar surface area (TPSA) is 79.9 Å². The van der Waals surface area contributed by atoms with Crippen LogP contribution in [0.2, 0.25) is 0 Å². The molecule has 8 heteroatoms. The van der Waals surface area contributed by atoms with Crippen molar-refractivity contribution in [3.05, 3.63) is 59.7 Å². The predicted molar refractivity (Wildman–Crippen MR) is 119 cm³/mol. The number of carbonyl (C=O) groups is 2. The Balaban J connectivity index is 1.68. The first-order valence-corrected chi connectivity index (χ1v) is 10.3. The number of benzene rings is 2. The van der Waals surface area contributed by atoms with Gasteiger partial charge in [0, 0.05) is 13.1 Å². The van der Waals surface area contributed by atoms with Crippen molar-refractivity contribution < 1.29 is 19.1 Å². The maximum Gasteiger partial charge on any atom is 0.261 e. The fourth-order valence-corrected chi connectivity index (χ4v) is 3.23. The Bertz CT molecular complexity index is 913. The van der Waals surface area contributed by atoms with Crippen LogP contribution in [0.3, 0.4) is 0 Å². The number of nitrogens with one attached hydrogen (secondary N) is 2. The van der Waals surface area contributed by atoms with Crippen LogP contribution >= 0.6 is 12.2 Å². The molecule has 0 spiro atoms. The van der Waals surface area contributed by atoms with Crippen LogP contribution < -0.4 is 15.4 Å². The van der Waals surface area contributed by atoms with Crippen molar-refractivity contribution in [1.82, 2.24) is 10.2 Å². The number of thiocarbonyl (C=S) groups is 1. The number of hydrogen-bond acceptors (Lipinski definition) is 5. The molecule has 158 valence electrons. The van der Waals surface area contributed by atoms with E-state index in [-0.39, 0.29) is 16.9 Å². The molecule has 30 heavy (non-hydrogen) atoms. The average Bonchev–Trinajstić information content (AvgIpc) is 2.78. The number of carbonyl (C=O) groups excluding carboxylic acids is 2. The van der Waals surface area contributed by atoms with Crippen LogP contribution in [0.5, 0.6) is 5.75 Å². The van der Waals surface area contributed by atoms with Gasteiger partial charge in [-0.15, -0.1) is 0 Å². The zero-order valence-electron chi connectivity index (χ0n) is 16.8. The minimum absolute atomic E-state index is 0.103. The Morgan fingerprint density at radius 3 is 2.47 bits per heavy atom. The molecule has 1 heterocycles.